The minimum Gasteiger partial charge on any atom is -0.496 e. The van der Waals surface area contributed by atoms with E-state index in [9.17, 15) is 0 Å². The summed E-state index contributed by atoms with van der Waals surface area (Å²) in [5.74, 6) is 1.26. The van der Waals surface area contributed by atoms with Gasteiger partial charge in [0, 0.05) is 12.1 Å². The third-order valence-corrected chi connectivity index (χ3v) is 2.96. The van der Waals surface area contributed by atoms with E-state index in [1.54, 1.807) is 7.11 Å². The first-order valence-corrected chi connectivity index (χ1v) is 6.17. The Balaban J connectivity index is 2.21. The Kier molecular flexibility index (Phi) is 4.73. The van der Waals surface area contributed by atoms with Gasteiger partial charge in [-0.3, -0.25) is 0 Å². The van der Waals surface area contributed by atoms with E-state index in [4.69, 9.17) is 21.5 Å². The molecule has 0 unspecified atom stereocenters. The Morgan fingerprint density at radius 2 is 2.20 bits per heavy atom. The van der Waals surface area contributed by atoms with Crippen molar-refractivity contribution in [3.8, 4) is 5.75 Å². The number of hydrogen-bond donors (Lipinski definition) is 2. The minimum absolute atomic E-state index is 0.209. The third kappa shape index (κ3) is 3.16. The molecule has 0 spiro atoms. The molecule has 7 heteroatoms. The number of nitrogens with zero attached hydrogens (tertiary/aromatic N) is 3. The summed E-state index contributed by atoms with van der Waals surface area (Å²) in [6.45, 7) is 0.490. The van der Waals surface area contributed by atoms with Crippen LogP contribution in [0.2, 0.25) is 5.15 Å². The zero-order valence-corrected chi connectivity index (χ0v) is 11.5. The molecule has 0 atom stereocenters. The molecular formula is C13H13ClN4O2. The molecule has 0 saturated carbocycles. The first-order chi connectivity index (χ1) is 9.76. The van der Waals surface area contributed by atoms with E-state index in [2.05, 4.69) is 20.4 Å². The first kappa shape index (κ1) is 14.1. The van der Waals surface area contributed by atoms with Gasteiger partial charge in [-0.05, 0) is 6.07 Å². The minimum atomic E-state index is 0.209. The Morgan fingerprint density at radius 3 is 2.95 bits per heavy atom. The maximum atomic E-state index is 8.64. The van der Waals surface area contributed by atoms with Gasteiger partial charge in [0.25, 0.3) is 0 Å². The zero-order chi connectivity index (χ0) is 14.4. The second kappa shape index (κ2) is 6.72. The van der Waals surface area contributed by atoms with Crippen LogP contribution in [0.3, 0.4) is 0 Å². The van der Waals surface area contributed by atoms with E-state index in [1.807, 2.05) is 24.3 Å². The van der Waals surface area contributed by atoms with Gasteiger partial charge in [0.05, 0.1) is 18.9 Å². The number of methoxy groups -OCH3 is 1. The molecule has 0 amide bonds. The number of benzene rings is 1. The summed E-state index contributed by atoms with van der Waals surface area (Å²) < 4.78 is 5.27. The molecule has 1 aromatic carbocycles. The standard InChI is InChI=1S/C13H13ClN4O2/c1-20-11-5-3-2-4-9(11)6-15-13-10(7-18-19)12(14)16-8-17-13/h2-5,7-8,19H,6H2,1H3,(H,15,16,17)/b18-7+. The molecule has 0 saturated heterocycles. The number of ether oxygens (including phenoxy) is 1. The molecule has 0 bridgehead atoms. The van der Waals surface area contributed by atoms with Gasteiger partial charge in [0.15, 0.2) is 0 Å². The van der Waals surface area contributed by atoms with E-state index in [0.717, 1.165) is 11.3 Å². The van der Waals surface area contributed by atoms with Crippen LogP contribution in [0.15, 0.2) is 35.7 Å². The molecule has 20 heavy (non-hydrogen) atoms. The van der Waals surface area contributed by atoms with Crippen molar-refractivity contribution in [1.29, 1.82) is 0 Å². The molecule has 0 fully saturated rings. The molecule has 104 valence electrons. The molecule has 1 heterocycles. The predicted molar refractivity (Wildman–Crippen MR) is 76.7 cm³/mol. The van der Waals surface area contributed by atoms with Crippen LogP contribution >= 0.6 is 11.6 Å². The highest BCUT2D eigenvalue weighted by atomic mass is 35.5. The Labute approximate surface area is 121 Å². The topological polar surface area (TPSA) is 79.6 Å². The molecule has 1 aromatic heterocycles. The maximum Gasteiger partial charge on any atom is 0.143 e. The van der Waals surface area contributed by atoms with Crippen LogP contribution in [0, 0.1) is 0 Å². The number of nitrogens with one attached hydrogen (secondary N) is 1. The summed E-state index contributed by atoms with van der Waals surface area (Å²) >= 11 is 5.93. The molecule has 2 N–H and O–H groups in total. The summed E-state index contributed by atoms with van der Waals surface area (Å²) in [5.41, 5.74) is 1.39. The van der Waals surface area contributed by atoms with Crippen molar-refractivity contribution in [1.82, 2.24) is 9.97 Å². The van der Waals surface area contributed by atoms with Gasteiger partial charge in [-0.1, -0.05) is 35.0 Å². The van der Waals surface area contributed by atoms with Crippen LogP contribution in [0.25, 0.3) is 0 Å². The average Bonchev–Trinajstić information content (AvgIpc) is 2.48. The van der Waals surface area contributed by atoms with Crippen LogP contribution in [0.5, 0.6) is 5.75 Å². The number of aromatic nitrogens is 2. The van der Waals surface area contributed by atoms with Gasteiger partial charge in [0.1, 0.15) is 23.0 Å². The van der Waals surface area contributed by atoms with E-state index in [0.29, 0.717) is 17.9 Å². The molecule has 6 nitrogen and oxygen atoms in total. The number of oxime groups is 1. The van der Waals surface area contributed by atoms with Crippen molar-refractivity contribution >= 4 is 23.6 Å². The van der Waals surface area contributed by atoms with Crippen LogP contribution in [-0.2, 0) is 6.54 Å². The van der Waals surface area contributed by atoms with Gasteiger partial charge in [-0.25, -0.2) is 9.97 Å². The number of anilines is 1. The number of halogens is 1. The summed E-state index contributed by atoms with van der Waals surface area (Å²) in [6.07, 6.45) is 2.52. The number of hydrogen-bond acceptors (Lipinski definition) is 6. The second-order valence-electron chi connectivity index (χ2n) is 3.84. The Hall–Kier alpha value is -2.34. The lowest BCUT2D eigenvalue weighted by molar-refractivity contribution is 0.322. The highest BCUT2D eigenvalue weighted by molar-refractivity contribution is 6.32. The van der Waals surface area contributed by atoms with Crippen molar-refractivity contribution < 1.29 is 9.94 Å². The lowest BCUT2D eigenvalue weighted by Gasteiger charge is -2.11. The average molecular weight is 293 g/mol. The number of para-hydroxylation sites is 1. The van der Waals surface area contributed by atoms with Crippen LogP contribution in [0.4, 0.5) is 5.82 Å². The van der Waals surface area contributed by atoms with Gasteiger partial charge >= 0.3 is 0 Å². The fourth-order valence-corrected chi connectivity index (χ4v) is 1.90. The van der Waals surface area contributed by atoms with E-state index >= 15 is 0 Å². The van der Waals surface area contributed by atoms with Crippen LogP contribution < -0.4 is 10.1 Å². The normalized spacial score (nSPS) is 10.7. The predicted octanol–water partition coefficient (Wildman–Crippen LogP) is 2.56. The van der Waals surface area contributed by atoms with Crippen LogP contribution in [0.1, 0.15) is 11.1 Å². The molecule has 0 aliphatic carbocycles. The third-order valence-electron chi connectivity index (χ3n) is 2.66. The van der Waals surface area contributed by atoms with Crippen molar-refractivity contribution in [3.63, 3.8) is 0 Å². The largest absolute Gasteiger partial charge is 0.496 e. The monoisotopic (exact) mass is 292 g/mol. The van der Waals surface area contributed by atoms with Gasteiger partial charge in [0.2, 0.25) is 0 Å². The molecule has 0 aliphatic rings. The highest BCUT2D eigenvalue weighted by Gasteiger charge is 2.09. The zero-order valence-electron chi connectivity index (χ0n) is 10.7. The second-order valence-corrected chi connectivity index (χ2v) is 4.19. The lowest BCUT2D eigenvalue weighted by atomic mass is 10.2. The summed E-state index contributed by atoms with van der Waals surface area (Å²) in [6, 6.07) is 7.63. The summed E-state index contributed by atoms with van der Waals surface area (Å²) in [7, 11) is 1.62. The smallest absolute Gasteiger partial charge is 0.143 e. The molecule has 2 rings (SSSR count). The molecule has 0 radical (unpaired) electrons. The van der Waals surface area contributed by atoms with Gasteiger partial charge in [-0.2, -0.15) is 0 Å². The SMILES string of the molecule is COc1ccccc1CNc1ncnc(Cl)c1/C=N/O. The maximum absolute atomic E-state index is 8.64. The quantitative estimate of drug-likeness (QED) is 0.383. The van der Waals surface area contributed by atoms with E-state index < -0.39 is 0 Å². The Bertz CT molecular complexity index is 619. The lowest BCUT2D eigenvalue weighted by Crippen LogP contribution is -2.06. The molecule has 0 aliphatic heterocycles. The van der Waals surface area contributed by atoms with Crippen molar-refractivity contribution in [2.75, 3.05) is 12.4 Å². The first-order valence-electron chi connectivity index (χ1n) is 5.80. The van der Waals surface area contributed by atoms with Crippen molar-refractivity contribution in [2.45, 2.75) is 6.54 Å². The van der Waals surface area contributed by atoms with Crippen molar-refractivity contribution in [2.24, 2.45) is 5.16 Å². The van der Waals surface area contributed by atoms with Gasteiger partial charge < -0.3 is 15.3 Å². The highest BCUT2D eigenvalue weighted by Crippen LogP contribution is 2.21. The summed E-state index contributed by atoms with van der Waals surface area (Å²) in [5, 5.41) is 14.9. The van der Waals surface area contributed by atoms with Gasteiger partial charge in [-0.15, -0.1) is 0 Å². The van der Waals surface area contributed by atoms with Crippen molar-refractivity contribution in [3.05, 3.63) is 46.9 Å². The number of rotatable bonds is 5. The Morgan fingerprint density at radius 1 is 1.40 bits per heavy atom. The van der Waals surface area contributed by atoms with E-state index in [-0.39, 0.29) is 5.15 Å². The summed E-state index contributed by atoms with van der Waals surface area (Å²) in [4.78, 5) is 7.91. The van der Waals surface area contributed by atoms with E-state index in [1.165, 1.54) is 12.5 Å². The van der Waals surface area contributed by atoms with Crippen LogP contribution in [-0.4, -0.2) is 28.5 Å². The fraction of sp³-hybridized carbons (Fsp3) is 0.154. The fourth-order valence-electron chi connectivity index (χ4n) is 1.72. The molecule has 2 aromatic rings. The molecular weight excluding hydrogens is 280 g/mol.